The molecule has 2 atom stereocenters. The Morgan fingerprint density at radius 3 is 2.45 bits per heavy atom. The van der Waals surface area contributed by atoms with Gasteiger partial charge < -0.3 is 14.6 Å². The maximum absolute atomic E-state index is 11.8. The highest BCUT2D eigenvalue weighted by Gasteiger charge is 2.42. The summed E-state index contributed by atoms with van der Waals surface area (Å²) in [7, 11) is 1.72. The van der Waals surface area contributed by atoms with Crippen molar-refractivity contribution in [3.63, 3.8) is 0 Å². The summed E-state index contributed by atoms with van der Waals surface area (Å²) in [6.07, 6.45) is 0.0544. The molecule has 2 unspecified atom stereocenters. The first-order valence-corrected chi connectivity index (χ1v) is 4.06. The lowest BCUT2D eigenvalue weighted by atomic mass is 9.94. The van der Waals surface area contributed by atoms with Crippen molar-refractivity contribution in [3.8, 4) is 0 Å². The van der Waals surface area contributed by atoms with E-state index >= 15 is 0 Å². The van der Waals surface area contributed by atoms with Crippen LogP contribution in [-0.2, 0) is 4.74 Å². The van der Waals surface area contributed by atoms with Gasteiger partial charge in [0.05, 0.1) is 13.7 Å². The summed E-state index contributed by atoms with van der Waals surface area (Å²) >= 11 is 0. The second-order valence-corrected chi connectivity index (χ2v) is 3.99. The molecule has 1 rings (SSSR count). The van der Waals surface area contributed by atoms with E-state index in [0.29, 0.717) is 13.2 Å². The molecule has 0 radical (unpaired) electrons. The zero-order chi connectivity index (χ0) is 8.70. The van der Waals surface area contributed by atoms with Gasteiger partial charge in [0.2, 0.25) is 0 Å². The third kappa shape index (κ3) is 1.28. The van der Waals surface area contributed by atoms with Gasteiger partial charge in [-0.25, -0.2) is 0 Å². The van der Waals surface area contributed by atoms with E-state index in [-0.39, 0.29) is 16.3 Å². The van der Waals surface area contributed by atoms with Gasteiger partial charge in [0.15, 0.2) is 0 Å². The van der Waals surface area contributed by atoms with Gasteiger partial charge in [0.1, 0.15) is 18.2 Å². The maximum Gasteiger partial charge on any atom is 0.119 e. The Kier molecular flexibility index (Phi) is 1.99. The molecule has 0 amide bonds. The van der Waals surface area contributed by atoms with Crippen LogP contribution in [0.15, 0.2) is 0 Å². The van der Waals surface area contributed by atoms with Gasteiger partial charge in [-0.1, -0.05) is 0 Å². The Hall–Kier alpha value is -0.120. The molecule has 0 spiro atoms. The van der Waals surface area contributed by atoms with E-state index in [0.717, 1.165) is 0 Å². The minimum absolute atomic E-state index is 0.0544. The van der Waals surface area contributed by atoms with Crippen LogP contribution in [-0.4, -0.2) is 36.5 Å². The van der Waals surface area contributed by atoms with Gasteiger partial charge >= 0.3 is 0 Å². The Morgan fingerprint density at radius 2 is 2.09 bits per heavy atom. The van der Waals surface area contributed by atoms with Gasteiger partial charge in [-0.05, 0) is 20.8 Å². The Balaban J connectivity index is 2.82. The standard InChI is InChI=1S/C8H17NO2/c1-7-8(2,3)9(4,10)5-6-11-7/h7H,5-6H2,1-4H3. The quantitative estimate of drug-likeness (QED) is 0.392. The molecule has 1 aliphatic rings. The zero-order valence-electron chi connectivity index (χ0n) is 7.76. The fraction of sp³-hybridized carbons (Fsp3) is 1.00. The molecule has 1 saturated heterocycles. The lowest BCUT2D eigenvalue weighted by Gasteiger charge is -2.56. The number of quaternary nitrogens is 1. The van der Waals surface area contributed by atoms with Gasteiger partial charge in [0.25, 0.3) is 0 Å². The SMILES string of the molecule is CC1OCC[N+](C)([O-])C1(C)C. The highest BCUT2D eigenvalue weighted by atomic mass is 16.6. The summed E-state index contributed by atoms with van der Waals surface area (Å²) in [5, 5.41) is 11.8. The smallest absolute Gasteiger partial charge is 0.119 e. The summed E-state index contributed by atoms with van der Waals surface area (Å²) in [5.74, 6) is 0. The average Bonchev–Trinajstić information content (AvgIpc) is 1.84. The van der Waals surface area contributed by atoms with Gasteiger partial charge in [0, 0.05) is 0 Å². The van der Waals surface area contributed by atoms with E-state index in [9.17, 15) is 5.21 Å². The minimum Gasteiger partial charge on any atom is -0.632 e. The van der Waals surface area contributed by atoms with Gasteiger partial charge in [-0.2, -0.15) is 0 Å². The van der Waals surface area contributed by atoms with Crippen molar-refractivity contribution in [1.29, 1.82) is 0 Å². The number of hydroxylamine groups is 3. The first kappa shape index (κ1) is 8.97. The topological polar surface area (TPSA) is 32.3 Å². The summed E-state index contributed by atoms with van der Waals surface area (Å²) in [5.41, 5.74) is -0.307. The summed E-state index contributed by atoms with van der Waals surface area (Å²) < 4.78 is 5.23. The third-order valence-corrected chi connectivity index (χ3v) is 3.10. The van der Waals surface area contributed by atoms with Crippen molar-refractivity contribution >= 4 is 0 Å². The summed E-state index contributed by atoms with van der Waals surface area (Å²) in [4.78, 5) is 0. The fourth-order valence-electron chi connectivity index (χ4n) is 1.28. The summed E-state index contributed by atoms with van der Waals surface area (Å²) in [6.45, 7) is 7.04. The number of hydrogen-bond acceptors (Lipinski definition) is 2. The van der Waals surface area contributed by atoms with E-state index in [2.05, 4.69) is 0 Å². The molecule has 1 fully saturated rings. The van der Waals surface area contributed by atoms with Crippen LogP contribution in [0.3, 0.4) is 0 Å². The van der Waals surface area contributed by atoms with Crippen LogP contribution >= 0.6 is 0 Å². The molecule has 0 bridgehead atoms. The molecular formula is C8H17NO2. The molecule has 0 aromatic heterocycles. The highest BCUT2D eigenvalue weighted by molar-refractivity contribution is 4.81. The number of morpholine rings is 1. The van der Waals surface area contributed by atoms with E-state index in [1.165, 1.54) is 0 Å². The molecule has 0 saturated carbocycles. The van der Waals surface area contributed by atoms with Crippen molar-refractivity contribution in [2.75, 3.05) is 20.2 Å². The number of rotatable bonds is 0. The lowest BCUT2D eigenvalue weighted by Crippen LogP contribution is -2.65. The molecular weight excluding hydrogens is 142 g/mol. The average molecular weight is 159 g/mol. The predicted octanol–water partition coefficient (Wildman–Crippen LogP) is 1.13. The third-order valence-electron chi connectivity index (χ3n) is 3.10. The second kappa shape index (κ2) is 2.44. The van der Waals surface area contributed by atoms with Crippen LogP contribution in [0.1, 0.15) is 20.8 Å². The zero-order valence-corrected chi connectivity index (χ0v) is 7.76. The second-order valence-electron chi connectivity index (χ2n) is 3.99. The van der Waals surface area contributed by atoms with E-state index < -0.39 is 0 Å². The van der Waals surface area contributed by atoms with E-state index in [1.807, 2.05) is 20.8 Å². The first-order chi connectivity index (χ1) is 4.88. The maximum atomic E-state index is 11.8. The normalized spacial score (nSPS) is 43.9. The fourth-order valence-corrected chi connectivity index (χ4v) is 1.28. The van der Waals surface area contributed by atoms with Gasteiger partial charge in [-0.15, -0.1) is 0 Å². The lowest BCUT2D eigenvalue weighted by molar-refractivity contribution is -0.923. The first-order valence-electron chi connectivity index (χ1n) is 4.06. The minimum atomic E-state index is -0.307. The number of hydrogen-bond donors (Lipinski definition) is 0. The molecule has 0 aliphatic carbocycles. The van der Waals surface area contributed by atoms with Crippen LogP contribution < -0.4 is 0 Å². The number of ether oxygens (including phenoxy) is 1. The molecule has 0 N–H and O–H groups in total. The van der Waals surface area contributed by atoms with Gasteiger partial charge in [-0.3, -0.25) is 0 Å². The Bertz CT molecular complexity index is 154. The van der Waals surface area contributed by atoms with E-state index in [1.54, 1.807) is 7.05 Å². The molecule has 3 heteroatoms. The van der Waals surface area contributed by atoms with Crippen LogP contribution in [0.25, 0.3) is 0 Å². The molecule has 1 heterocycles. The van der Waals surface area contributed by atoms with Crippen molar-refractivity contribution in [2.45, 2.75) is 32.4 Å². The van der Waals surface area contributed by atoms with Crippen LogP contribution in [0, 0.1) is 5.21 Å². The summed E-state index contributed by atoms with van der Waals surface area (Å²) in [6, 6.07) is 0. The molecule has 66 valence electrons. The Morgan fingerprint density at radius 1 is 1.55 bits per heavy atom. The number of nitrogens with zero attached hydrogens (tertiary/aromatic N) is 1. The van der Waals surface area contributed by atoms with E-state index in [4.69, 9.17) is 4.74 Å². The van der Waals surface area contributed by atoms with Crippen molar-refractivity contribution < 1.29 is 9.38 Å². The molecule has 1 aliphatic heterocycles. The highest BCUT2D eigenvalue weighted by Crippen LogP contribution is 2.29. The molecule has 3 nitrogen and oxygen atoms in total. The number of likely N-dealkylation sites (N-methyl/N-ethyl adjacent to an activating group) is 1. The Labute approximate surface area is 68.1 Å². The molecule has 0 aromatic carbocycles. The monoisotopic (exact) mass is 159 g/mol. The van der Waals surface area contributed by atoms with Crippen molar-refractivity contribution in [1.82, 2.24) is 0 Å². The molecule has 11 heavy (non-hydrogen) atoms. The van der Waals surface area contributed by atoms with Crippen molar-refractivity contribution in [2.24, 2.45) is 0 Å². The van der Waals surface area contributed by atoms with Crippen LogP contribution in [0.5, 0.6) is 0 Å². The van der Waals surface area contributed by atoms with Crippen molar-refractivity contribution in [3.05, 3.63) is 5.21 Å². The largest absolute Gasteiger partial charge is 0.632 e. The predicted molar refractivity (Wildman–Crippen MR) is 43.9 cm³/mol. The van der Waals surface area contributed by atoms with Crippen LogP contribution in [0.2, 0.25) is 0 Å². The van der Waals surface area contributed by atoms with Crippen LogP contribution in [0.4, 0.5) is 0 Å². The molecule has 0 aromatic rings.